The summed E-state index contributed by atoms with van der Waals surface area (Å²) in [6.07, 6.45) is 0. The molecule has 0 spiro atoms. The number of nitrogens with zero attached hydrogens (tertiary/aromatic N) is 2. The second-order valence-corrected chi connectivity index (χ2v) is 6.25. The van der Waals surface area contributed by atoms with Gasteiger partial charge in [-0.1, -0.05) is 30.0 Å². The molecule has 0 radical (unpaired) electrons. The number of amides is 2. The summed E-state index contributed by atoms with van der Waals surface area (Å²) in [6.45, 7) is 0.697. The summed E-state index contributed by atoms with van der Waals surface area (Å²) in [7, 11) is 3.15. The number of carbonyl (C=O) groups is 1. The van der Waals surface area contributed by atoms with Crippen molar-refractivity contribution in [2.45, 2.75) is 0 Å². The number of benzene rings is 2. The lowest BCUT2D eigenvalue weighted by atomic mass is 10.2. The monoisotopic (exact) mass is 357 g/mol. The van der Waals surface area contributed by atoms with E-state index in [0.717, 1.165) is 11.4 Å². The lowest BCUT2D eigenvalue weighted by molar-refractivity contribution is 0.259. The summed E-state index contributed by atoms with van der Waals surface area (Å²) < 4.78 is 10.6. The minimum atomic E-state index is -0.272. The van der Waals surface area contributed by atoms with Gasteiger partial charge in [-0.3, -0.25) is 4.99 Å². The van der Waals surface area contributed by atoms with Crippen LogP contribution in [0.1, 0.15) is 0 Å². The van der Waals surface area contributed by atoms with Crippen LogP contribution in [0.4, 0.5) is 16.2 Å². The second kappa shape index (κ2) is 7.94. The molecule has 3 rings (SSSR count). The van der Waals surface area contributed by atoms with Gasteiger partial charge in [0.05, 0.1) is 26.5 Å². The first-order valence-corrected chi connectivity index (χ1v) is 8.77. The molecular formula is C18H19N3O3S. The van der Waals surface area contributed by atoms with E-state index in [1.807, 2.05) is 36.4 Å². The van der Waals surface area contributed by atoms with Crippen molar-refractivity contribution < 1.29 is 14.3 Å². The summed E-state index contributed by atoms with van der Waals surface area (Å²) >= 11 is 1.55. The molecule has 0 saturated carbocycles. The molecular weight excluding hydrogens is 338 g/mol. The Morgan fingerprint density at radius 2 is 1.88 bits per heavy atom. The highest BCUT2D eigenvalue weighted by molar-refractivity contribution is 8.14. The van der Waals surface area contributed by atoms with Crippen LogP contribution in [-0.2, 0) is 0 Å². The molecule has 2 aromatic carbocycles. The lowest BCUT2D eigenvalue weighted by Crippen LogP contribution is -2.38. The molecule has 0 unspecified atom stereocenters. The average molecular weight is 357 g/mol. The molecule has 1 aliphatic rings. The summed E-state index contributed by atoms with van der Waals surface area (Å²) in [5.41, 5.74) is 1.39. The largest absolute Gasteiger partial charge is 0.493 e. The number of aliphatic imine (C=N–C) groups is 1. The quantitative estimate of drug-likeness (QED) is 0.903. The molecule has 7 heteroatoms. The number of ether oxygens (including phenoxy) is 2. The molecule has 25 heavy (non-hydrogen) atoms. The summed E-state index contributed by atoms with van der Waals surface area (Å²) in [5, 5.41) is 3.57. The molecule has 1 heterocycles. The summed E-state index contributed by atoms with van der Waals surface area (Å²) in [5.74, 6) is 2.02. The number of urea groups is 1. The third-order valence-electron chi connectivity index (χ3n) is 3.61. The van der Waals surface area contributed by atoms with Crippen LogP contribution in [-0.4, -0.2) is 37.7 Å². The Morgan fingerprint density at radius 3 is 2.52 bits per heavy atom. The van der Waals surface area contributed by atoms with Gasteiger partial charge in [0.25, 0.3) is 0 Å². The van der Waals surface area contributed by atoms with Crippen LogP contribution < -0.4 is 19.7 Å². The van der Waals surface area contributed by atoms with Gasteiger partial charge in [0.15, 0.2) is 16.7 Å². The van der Waals surface area contributed by atoms with Gasteiger partial charge in [-0.25, -0.2) is 9.69 Å². The zero-order valence-electron chi connectivity index (χ0n) is 14.1. The van der Waals surface area contributed by atoms with E-state index in [9.17, 15) is 4.79 Å². The number of anilines is 2. The minimum absolute atomic E-state index is 0.272. The van der Waals surface area contributed by atoms with E-state index in [0.29, 0.717) is 28.9 Å². The lowest BCUT2D eigenvalue weighted by Gasteiger charge is -2.23. The molecule has 1 N–H and O–H groups in total. The van der Waals surface area contributed by atoms with Crippen LogP contribution in [0.15, 0.2) is 53.5 Å². The average Bonchev–Trinajstić information content (AvgIpc) is 3.16. The fourth-order valence-corrected chi connectivity index (χ4v) is 3.30. The Morgan fingerprint density at radius 1 is 1.12 bits per heavy atom. The first kappa shape index (κ1) is 17.2. The van der Waals surface area contributed by atoms with E-state index in [1.54, 1.807) is 43.0 Å². The van der Waals surface area contributed by atoms with Gasteiger partial charge in [-0.2, -0.15) is 0 Å². The molecule has 130 valence electrons. The molecule has 0 saturated heterocycles. The fraction of sp³-hybridized carbons (Fsp3) is 0.222. The maximum absolute atomic E-state index is 12.9. The number of hydrogen-bond acceptors (Lipinski definition) is 5. The number of thioether (sulfide) groups is 1. The minimum Gasteiger partial charge on any atom is -0.493 e. The van der Waals surface area contributed by atoms with E-state index in [4.69, 9.17) is 9.47 Å². The standard InChI is InChI=1S/C18H19N3O3S/c1-23-15-9-8-14(12-16(15)24-2)21(18-19-10-11-25-18)17(22)20-13-6-4-3-5-7-13/h3-9,12H,10-11H2,1-2H3,(H,20,22). The van der Waals surface area contributed by atoms with Gasteiger partial charge in [-0.05, 0) is 24.3 Å². The van der Waals surface area contributed by atoms with Crippen LogP contribution in [0.25, 0.3) is 0 Å². The van der Waals surface area contributed by atoms with Crippen LogP contribution in [0.2, 0.25) is 0 Å². The topological polar surface area (TPSA) is 63.2 Å². The van der Waals surface area contributed by atoms with E-state index in [2.05, 4.69) is 10.3 Å². The van der Waals surface area contributed by atoms with Gasteiger partial charge >= 0.3 is 6.03 Å². The normalized spacial score (nSPS) is 13.1. The third kappa shape index (κ3) is 3.88. The molecule has 1 aliphatic heterocycles. The number of nitrogens with one attached hydrogen (secondary N) is 1. The van der Waals surface area contributed by atoms with Crippen molar-refractivity contribution in [2.75, 3.05) is 36.7 Å². The number of hydrogen-bond donors (Lipinski definition) is 1. The second-order valence-electron chi connectivity index (χ2n) is 5.18. The van der Waals surface area contributed by atoms with Crippen molar-refractivity contribution in [3.63, 3.8) is 0 Å². The van der Waals surface area contributed by atoms with E-state index in [1.165, 1.54) is 0 Å². The van der Waals surface area contributed by atoms with Crippen LogP contribution in [0, 0.1) is 0 Å². The number of rotatable bonds is 4. The van der Waals surface area contributed by atoms with Crippen molar-refractivity contribution >= 4 is 34.3 Å². The molecule has 0 aliphatic carbocycles. The Kier molecular flexibility index (Phi) is 5.45. The highest BCUT2D eigenvalue weighted by atomic mass is 32.2. The van der Waals surface area contributed by atoms with Crippen molar-refractivity contribution in [3.05, 3.63) is 48.5 Å². The maximum atomic E-state index is 12.9. The molecule has 0 fully saturated rings. The predicted molar refractivity (Wildman–Crippen MR) is 102 cm³/mol. The van der Waals surface area contributed by atoms with E-state index >= 15 is 0 Å². The first-order valence-electron chi connectivity index (χ1n) is 7.78. The predicted octanol–water partition coefficient (Wildman–Crippen LogP) is 3.85. The Bertz CT molecular complexity index is 780. The Hall–Kier alpha value is -2.67. The molecule has 2 amide bonds. The van der Waals surface area contributed by atoms with Crippen molar-refractivity contribution in [1.29, 1.82) is 0 Å². The van der Waals surface area contributed by atoms with Crippen LogP contribution >= 0.6 is 11.8 Å². The molecule has 6 nitrogen and oxygen atoms in total. The maximum Gasteiger partial charge on any atom is 0.332 e. The molecule has 0 atom stereocenters. The summed E-state index contributed by atoms with van der Waals surface area (Å²) in [6, 6.07) is 14.4. The van der Waals surface area contributed by atoms with Gasteiger partial charge in [0.2, 0.25) is 0 Å². The fourth-order valence-electron chi connectivity index (χ4n) is 2.44. The number of methoxy groups -OCH3 is 2. The van der Waals surface area contributed by atoms with Crippen molar-refractivity contribution in [2.24, 2.45) is 4.99 Å². The number of carbonyl (C=O) groups excluding carboxylic acids is 1. The van der Waals surface area contributed by atoms with Gasteiger partial charge in [0.1, 0.15) is 0 Å². The zero-order chi connectivity index (χ0) is 17.6. The molecule has 0 aromatic heterocycles. The van der Waals surface area contributed by atoms with Crippen molar-refractivity contribution in [3.8, 4) is 11.5 Å². The number of amidine groups is 1. The molecule has 0 bridgehead atoms. The summed E-state index contributed by atoms with van der Waals surface area (Å²) in [4.78, 5) is 18.9. The highest BCUT2D eigenvalue weighted by Crippen LogP contribution is 2.33. The number of para-hydroxylation sites is 1. The van der Waals surface area contributed by atoms with Gasteiger partial charge < -0.3 is 14.8 Å². The highest BCUT2D eigenvalue weighted by Gasteiger charge is 2.25. The Balaban J connectivity index is 1.94. The van der Waals surface area contributed by atoms with E-state index in [-0.39, 0.29) is 6.03 Å². The van der Waals surface area contributed by atoms with Crippen LogP contribution in [0.5, 0.6) is 11.5 Å². The molecule has 2 aromatic rings. The zero-order valence-corrected chi connectivity index (χ0v) is 14.9. The van der Waals surface area contributed by atoms with Crippen molar-refractivity contribution in [1.82, 2.24) is 0 Å². The third-order valence-corrected chi connectivity index (χ3v) is 4.57. The smallest absolute Gasteiger partial charge is 0.332 e. The van der Waals surface area contributed by atoms with Gasteiger partial charge in [0, 0.05) is 17.5 Å². The Labute approximate surface area is 150 Å². The first-order chi connectivity index (χ1) is 12.2. The van der Waals surface area contributed by atoms with E-state index < -0.39 is 0 Å². The SMILES string of the molecule is COc1ccc(N(C(=O)Nc2ccccc2)C2=NCCS2)cc1OC. The van der Waals surface area contributed by atoms with Crippen LogP contribution in [0.3, 0.4) is 0 Å². The van der Waals surface area contributed by atoms with Gasteiger partial charge in [-0.15, -0.1) is 0 Å².